The molecule has 0 spiro atoms. The van der Waals surface area contributed by atoms with Crippen molar-refractivity contribution in [2.45, 2.75) is 38.2 Å². The number of aliphatic hydroxyl groups excluding tert-OH is 1. The van der Waals surface area contributed by atoms with Crippen LogP contribution in [-0.4, -0.2) is 30.1 Å². The minimum absolute atomic E-state index is 0.0108. The maximum Gasteiger partial charge on any atom is 0.305 e. The summed E-state index contributed by atoms with van der Waals surface area (Å²) in [6, 6.07) is 0. The highest BCUT2D eigenvalue weighted by molar-refractivity contribution is 6.00. The quantitative estimate of drug-likeness (QED) is 0.563. The van der Waals surface area contributed by atoms with E-state index in [1.54, 1.807) is 12.2 Å². The van der Waals surface area contributed by atoms with Gasteiger partial charge < -0.3 is 9.84 Å². The van der Waals surface area contributed by atoms with Crippen molar-refractivity contribution in [2.24, 2.45) is 0 Å². The van der Waals surface area contributed by atoms with Gasteiger partial charge >= 0.3 is 5.97 Å². The third-order valence-corrected chi connectivity index (χ3v) is 2.62. The monoisotopic (exact) mass is 238 g/mol. The molecule has 4 heteroatoms. The predicted molar refractivity (Wildman–Crippen MR) is 63.3 cm³/mol. The van der Waals surface area contributed by atoms with E-state index < -0.39 is 6.10 Å². The number of aliphatic hydroxyl groups is 1. The van der Waals surface area contributed by atoms with Crippen LogP contribution in [0.15, 0.2) is 23.8 Å². The number of ketones is 1. The summed E-state index contributed by atoms with van der Waals surface area (Å²) in [6.07, 6.45) is 7.72. The van der Waals surface area contributed by atoms with E-state index in [2.05, 4.69) is 4.74 Å². The van der Waals surface area contributed by atoms with Crippen LogP contribution in [0.5, 0.6) is 0 Å². The minimum Gasteiger partial charge on any atom is -0.469 e. The van der Waals surface area contributed by atoms with Crippen molar-refractivity contribution in [3.8, 4) is 0 Å². The molecule has 1 N–H and O–H groups in total. The van der Waals surface area contributed by atoms with Gasteiger partial charge in [-0.05, 0) is 25.3 Å². The van der Waals surface area contributed by atoms with Crippen molar-refractivity contribution in [1.82, 2.24) is 0 Å². The van der Waals surface area contributed by atoms with Crippen LogP contribution in [0, 0.1) is 0 Å². The molecule has 0 radical (unpaired) electrons. The Morgan fingerprint density at radius 3 is 2.94 bits per heavy atom. The average Bonchev–Trinajstić information content (AvgIpc) is 2.62. The predicted octanol–water partition coefficient (Wildman–Crippen LogP) is 1.54. The van der Waals surface area contributed by atoms with Crippen molar-refractivity contribution < 1.29 is 19.4 Å². The smallest absolute Gasteiger partial charge is 0.305 e. The van der Waals surface area contributed by atoms with Gasteiger partial charge in [0.05, 0.1) is 13.2 Å². The number of hydrogen-bond acceptors (Lipinski definition) is 4. The van der Waals surface area contributed by atoms with E-state index in [9.17, 15) is 14.7 Å². The van der Waals surface area contributed by atoms with Gasteiger partial charge in [-0.2, -0.15) is 0 Å². The molecule has 0 aromatic heterocycles. The molecule has 17 heavy (non-hydrogen) atoms. The Bertz CT molecular complexity index is 341. The second-order valence-electron chi connectivity index (χ2n) is 4.04. The van der Waals surface area contributed by atoms with Crippen molar-refractivity contribution in [3.05, 3.63) is 23.8 Å². The van der Waals surface area contributed by atoms with Crippen molar-refractivity contribution in [3.63, 3.8) is 0 Å². The van der Waals surface area contributed by atoms with E-state index in [-0.39, 0.29) is 18.2 Å². The highest BCUT2D eigenvalue weighted by Gasteiger charge is 2.19. The second-order valence-corrected chi connectivity index (χ2v) is 4.04. The number of rotatable bonds is 6. The summed E-state index contributed by atoms with van der Waals surface area (Å²) in [6.45, 7) is 0. The zero-order chi connectivity index (χ0) is 12.7. The number of allylic oxidation sites excluding steroid dienone is 3. The first-order valence-electron chi connectivity index (χ1n) is 5.80. The number of carbonyl (C=O) groups is 2. The Hall–Kier alpha value is -1.42. The van der Waals surface area contributed by atoms with Crippen LogP contribution in [0.2, 0.25) is 0 Å². The maximum atomic E-state index is 11.3. The molecule has 1 atom stereocenters. The summed E-state index contributed by atoms with van der Waals surface area (Å²) in [5, 5.41) is 9.22. The molecule has 0 heterocycles. The van der Waals surface area contributed by atoms with Gasteiger partial charge in [-0.15, -0.1) is 0 Å². The first kappa shape index (κ1) is 13.6. The highest BCUT2D eigenvalue weighted by Crippen LogP contribution is 2.16. The molecule has 1 aliphatic rings. The molecule has 4 nitrogen and oxygen atoms in total. The molecule has 0 saturated heterocycles. The zero-order valence-electron chi connectivity index (χ0n) is 10.0. The van der Waals surface area contributed by atoms with Gasteiger partial charge in [0.25, 0.3) is 0 Å². The van der Waals surface area contributed by atoms with Crippen LogP contribution in [0.1, 0.15) is 32.1 Å². The normalized spacial score (nSPS) is 19.8. The van der Waals surface area contributed by atoms with Gasteiger partial charge in [-0.1, -0.05) is 12.2 Å². The standard InChI is InChI=1S/C13H18O4/c1-17-13(16)7-5-3-2-4-6-10-8-11(14)9-12(10)15/h4,6,8,11,14H,2-3,5,7,9H2,1H3. The molecular weight excluding hydrogens is 220 g/mol. The molecule has 94 valence electrons. The molecule has 0 aliphatic heterocycles. The van der Waals surface area contributed by atoms with Gasteiger partial charge in [0.2, 0.25) is 0 Å². The summed E-state index contributed by atoms with van der Waals surface area (Å²) < 4.78 is 4.53. The van der Waals surface area contributed by atoms with Gasteiger partial charge in [0, 0.05) is 18.4 Å². The molecule has 0 aromatic carbocycles. The van der Waals surface area contributed by atoms with Gasteiger partial charge in [0.1, 0.15) is 0 Å². The third kappa shape index (κ3) is 4.95. The molecule has 1 unspecified atom stereocenters. The lowest BCUT2D eigenvalue weighted by atomic mass is 10.1. The van der Waals surface area contributed by atoms with Gasteiger partial charge in [-0.25, -0.2) is 0 Å². The Morgan fingerprint density at radius 1 is 1.59 bits per heavy atom. The zero-order valence-corrected chi connectivity index (χ0v) is 10.0. The SMILES string of the molecule is COC(=O)CCCCC=CC1=CC(O)CC1=O. The number of esters is 1. The molecule has 0 aromatic rings. The summed E-state index contributed by atoms with van der Waals surface area (Å²) in [7, 11) is 1.38. The Kier molecular flexibility index (Phi) is 5.63. The van der Waals surface area contributed by atoms with Crippen molar-refractivity contribution >= 4 is 11.8 Å². The summed E-state index contributed by atoms with van der Waals surface area (Å²) in [5.41, 5.74) is 0.588. The fourth-order valence-corrected chi connectivity index (χ4v) is 1.66. The number of Topliss-reactive ketones (excluding diaryl/α,β-unsaturated/α-hetero) is 1. The van der Waals surface area contributed by atoms with E-state index in [0.717, 1.165) is 19.3 Å². The van der Waals surface area contributed by atoms with Crippen LogP contribution < -0.4 is 0 Å². The first-order chi connectivity index (χ1) is 8.13. The minimum atomic E-state index is -0.624. The van der Waals surface area contributed by atoms with Gasteiger partial charge in [-0.3, -0.25) is 9.59 Å². The first-order valence-corrected chi connectivity index (χ1v) is 5.80. The number of unbranched alkanes of at least 4 members (excludes halogenated alkanes) is 2. The number of methoxy groups -OCH3 is 1. The molecule has 0 amide bonds. The van der Waals surface area contributed by atoms with Crippen LogP contribution >= 0.6 is 0 Å². The Balaban J connectivity index is 2.16. The number of hydrogen-bond donors (Lipinski definition) is 1. The molecule has 1 aliphatic carbocycles. The van der Waals surface area contributed by atoms with Crippen LogP contribution in [0.3, 0.4) is 0 Å². The largest absolute Gasteiger partial charge is 0.469 e. The molecule has 0 bridgehead atoms. The van der Waals surface area contributed by atoms with E-state index in [4.69, 9.17) is 0 Å². The van der Waals surface area contributed by atoms with E-state index in [1.165, 1.54) is 7.11 Å². The third-order valence-electron chi connectivity index (χ3n) is 2.62. The Morgan fingerprint density at radius 2 is 2.35 bits per heavy atom. The van der Waals surface area contributed by atoms with Crippen LogP contribution in [0.4, 0.5) is 0 Å². The van der Waals surface area contributed by atoms with Crippen molar-refractivity contribution in [2.75, 3.05) is 7.11 Å². The van der Waals surface area contributed by atoms with Crippen LogP contribution in [0.25, 0.3) is 0 Å². The Labute approximate surface area is 101 Å². The van der Waals surface area contributed by atoms with Crippen LogP contribution in [-0.2, 0) is 14.3 Å². The molecule has 0 fully saturated rings. The lowest BCUT2D eigenvalue weighted by Crippen LogP contribution is -2.00. The summed E-state index contributed by atoms with van der Waals surface area (Å²) in [4.78, 5) is 22.1. The molecule has 1 rings (SSSR count). The summed E-state index contributed by atoms with van der Waals surface area (Å²) in [5.74, 6) is -0.200. The van der Waals surface area contributed by atoms with E-state index >= 15 is 0 Å². The topological polar surface area (TPSA) is 63.6 Å². The van der Waals surface area contributed by atoms with E-state index in [1.807, 2.05) is 6.08 Å². The molecular formula is C13H18O4. The fourth-order valence-electron chi connectivity index (χ4n) is 1.66. The lowest BCUT2D eigenvalue weighted by molar-refractivity contribution is -0.140. The summed E-state index contributed by atoms with van der Waals surface area (Å²) >= 11 is 0. The van der Waals surface area contributed by atoms with Crippen molar-refractivity contribution in [1.29, 1.82) is 0 Å². The lowest BCUT2D eigenvalue weighted by Gasteiger charge is -1.97. The number of ether oxygens (including phenoxy) is 1. The molecule has 0 saturated carbocycles. The van der Waals surface area contributed by atoms with E-state index in [0.29, 0.717) is 12.0 Å². The second kappa shape index (κ2) is 7.01. The highest BCUT2D eigenvalue weighted by atomic mass is 16.5. The number of carbonyl (C=O) groups excluding carboxylic acids is 2. The van der Waals surface area contributed by atoms with Gasteiger partial charge in [0.15, 0.2) is 5.78 Å². The average molecular weight is 238 g/mol. The fraction of sp³-hybridized carbons (Fsp3) is 0.538. The maximum absolute atomic E-state index is 11.3.